The van der Waals surface area contributed by atoms with Crippen LogP contribution in [0.5, 0.6) is 0 Å². The number of esters is 1. The van der Waals surface area contributed by atoms with Gasteiger partial charge in [-0.2, -0.15) is 15.0 Å². The van der Waals surface area contributed by atoms with Crippen LogP contribution in [-0.2, 0) is 14.3 Å². The molecule has 0 bridgehead atoms. The van der Waals surface area contributed by atoms with Crippen LogP contribution in [0.4, 0.5) is 41.2 Å². The molecule has 0 unspecified atom stereocenters. The van der Waals surface area contributed by atoms with Gasteiger partial charge in [0, 0.05) is 44.3 Å². The number of nitrogens with one attached hydrogen (secondary N) is 3. The van der Waals surface area contributed by atoms with Gasteiger partial charge in [-0.1, -0.05) is 58.0 Å². The molecule has 1 aliphatic heterocycles. The number of ketones is 1. The van der Waals surface area contributed by atoms with E-state index in [2.05, 4.69) is 55.8 Å². The van der Waals surface area contributed by atoms with Gasteiger partial charge in [0.25, 0.3) is 0 Å². The summed E-state index contributed by atoms with van der Waals surface area (Å²) >= 11 is 27.9. The van der Waals surface area contributed by atoms with Crippen molar-refractivity contribution in [2.24, 2.45) is 0 Å². The number of rotatable bonds is 8. The summed E-state index contributed by atoms with van der Waals surface area (Å²) in [6.45, 7) is 6.69. The third-order valence-corrected chi connectivity index (χ3v) is 6.66. The van der Waals surface area contributed by atoms with Crippen LogP contribution >= 0.6 is 58.0 Å². The van der Waals surface area contributed by atoms with E-state index in [-0.39, 0.29) is 80.7 Å². The Bertz CT molecular complexity index is 1830. The average molecular weight is 852 g/mol. The molecule has 292 valence electrons. The highest BCUT2D eigenvalue weighted by molar-refractivity contribution is 6.34. The molecule has 0 aromatic carbocycles. The van der Waals surface area contributed by atoms with E-state index in [4.69, 9.17) is 90.8 Å². The number of nitrogen functional groups attached to an aromatic ring is 4. The van der Waals surface area contributed by atoms with Crippen LogP contribution in [0.15, 0.2) is 18.2 Å². The Labute approximate surface area is 333 Å². The topological polar surface area (TPSA) is 324 Å². The molecule has 4 aromatic heterocycles. The molecule has 4 aromatic rings. The molecule has 0 fully saturated rings. The highest BCUT2D eigenvalue weighted by Crippen LogP contribution is 2.26. The second-order valence-corrected chi connectivity index (χ2v) is 13.2. The molecule has 20 nitrogen and oxygen atoms in total. The Hall–Kier alpha value is -5.02. The summed E-state index contributed by atoms with van der Waals surface area (Å²) in [6.07, 6.45) is 0.653. The Kier molecular flexibility index (Phi) is 18.1. The normalized spacial score (nSPS) is 11.4. The summed E-state index contributed by atoms with van der Waals surface area (Å²) in [5.74, 6) is 0.442. The summed E-state index contributed by atoms with van der Waals surface area (Å²) in [5.41, 5.74) is 21.2. The molecule has 1 aliphatic rings. The number of Topliss-reactive ketones (excluding diaryl/α,β-unsaturated/α-hetero) is 1. The molecule has 0 spiro atoms. The van der Waals surface area contributed by atoms with Crippen LogP contribution in [0.1, 0.15) is 50.4 Å². The number of fused-ring (bicyclic) bond motifs is 1. The summed E-state index contributed by atoms with van der Waals surface area (Å²) in [5, 5.41) is 18.1. The van der Waals surface area contributed by atoms with E-state index in [0.29, 0.717) is 42.5 Å². The summed E-state index contributed by atoms with van der Waals surface area (Å²) in [6, 6.07) is 4.42. The van der Waals surface area contributed by atoms with Gasteiger partial charge in [0.05, 0.1) is 18.4 Å². The summed E-state index contributed by atoms with van der Waals surface area (Å²) in [7, 11) is 0. The predicted octanol–water partition coefficient (Wildman–Crippen LogP) is 4.53. The van der Waals surface area contributed by atoms with Gasteiger partial charge in [-0.25, -0.2) is 24.9 Å². The van der Waals surface area contributed by atoms with E-state index in [9.17, 15) is 14.4 Å². The minimum atomic E-state index is -0.884. The van der Waals surface area contributed by atoms with E-state index in [1.165, 1.54) is 18.2 Å². The molecule has 0 saturated carbocycles. The van der Waals surface area contributed by atoms with Crippen molar-refractivity contribution in [3.63, 3.8) is 0 Å². The van der Waals surface area contributed by atoms with Gasteiger partial charge >= 0.3 is 11.9 Å². The molecule has 12 N–H and O–H groups in total. The molecule has 0 amide bonds. The maximum atomic E-state index is 11.4. The van der Waals surface area contributed by atoms with Crippen LogP contribution in [0.3, 0.4) is 0 Å². The molecule has 0 atom stereocenters. The zero-order valence-electron chi connectivity index (χ0n) is 28.8. The van der Waals surface area contributed by atoms with Gasteiger partial charge in [-0.05, 0) is 20.8 Å². The lowest BCUT2D eigenvalue weighted by Crippen LogP contribution is -2.25. The van der Waals surface area contributed by atoms with Gasteiger partial charge in [0.15, 0.2) is 5.78 Å². The molecule has 0 saturated heterocycles. The first-order valence-corrected chi connectivity index (χ1v) is 17.2. The van der Waals surface area contributed by atoms with Crippen molar-refractivity contribution in [2.75, 3.05) is 58.5 Å². The smallest absolute Gasteiger partial charge is 0.308 e. The van der Waals surface area contributed by atoms with Crippen molar-refractivity contribution >= 4 is 117 Å². The first-order chi connectivity index (χ1) is 25.2. The van der Waals surface area contributed by atoms with Crippen LogP contribution in [0, 0.1) is 0 Å². The number of nitrogens with zero attached hydrogens (tertiary/aromatic N) is 8. The zero-order chi connectivity index (χ0) is 40.6. The summed E-state index contributed by atoms with van der Waals surface area (Å²) in [4.78, 5) is 62.9. The number of carbonyl (C=O) groups excluding carboxylic acids is 2. The second kappa shape index (κ2) is 21.6. The molecule has 0 aliphatic carbocycles. The second-order valence-electron chi connectivity index (χ2n) is 11.3. The van der Waals surface area contributed by atoms with E-state index < -0.39 is 11.6 Å². The minimum absolute atomic E-state index is 0.00151. The number of carboxylic acids is 1. The lowest BCUT2D eigenvalue weighted by atomic mass is 10.1. The van der Waals surface area contributed by atoms with E-state index in [0.717, 1.165) is 0 Å². The van der Waals surface area contributed by atoms with E-state index in [1.54, 1.807) is 0 Å². The van der Waals surface area contributed by atoms with Gasteiger partial charge in [-0.3, -0.25) is 14.4 Å². The van der Waals surface area contributed by atoms with Crippen LogP contribution < -0.4 is 38.9 Å². The molecular weight excluding hydrogens is 816 g/mol. The number of hydrogen-bond donors (Lipinski definition) is 8. The minimum Gasteiger partial charge on any atom is -0.481 e. The van der Waals surface area contributed by atoms with Crippen molar-refractivity contribution in [3.8, 4) is 0 Å². The average Bonchev–Trinajstić information content (AvgIpc) is 2.99. The van der Waals surface area contributed by atoms with Crippen molar-refractivity contribution in [2.45, 2.75) is 45.6 Å². The van der Waals surface area contributed by atoms with Gasteiger partial charge in [-0.15, -0.1) is 0 Å². The molecule has 25 heteroatoms. The lowest BCUT2D eigenvalue weighted by Gasteiger charge is -2.19. The first kappa shape index (κ1) is 45.1. The number of aromatic nitrogens is 8. The summed E-state index contributed by atoms with van der Waals surface area (Å²) < 4.78 is 5.16. The SMILES string of the molecule is CC(C)(C)OC(=O)CCNc1cc(Cl)nc(N)n1.Nc1nc(Cl)c2c(n1)NCCC2=O.Nc1nc(Cl)cc(Cl)n1.Nc1nc(Cl)cc(NCCC(=O)O)n1. The van der Waals surface area contributed by atoms with E-state index >= 15 is 0 Å². The van der Waals surface area contributed by atoms with E-state index in [1.807, 2.05) is 20.8 Å². The fourth-order valence-corrected chi connectivity index (χ4v) is 4.78. The number of carboxylic acid groups (broad SMARTS) is 1. The van der Waals surface area contributed by atoms with Gasteiger partial charge in [0.1, 0.15) is 48.8 Å². The third kappa shape index (κ3) is 18.1. The number of hydrogen-bond acceptors (Lipinski definition) is 19. The fourth-order valence-electron chi connectivity index (χ4n) is 3.68. The molecular formula is C29H36Cl5N15O5. The predicted molar refractivity (Wildman–Crippen MR) is 208 cm³/mol. The quantitative estimate of drug-likeness (QED) is 0.0891. The molecule has 0 radical (unpaired) electrons. The number of halogens is 5. The first-order valence-electron chi connectivity index (χ1n) is 15.3. The van der Waals surface area contributed by atoms with Crippen molar-refractivity contribution in [1.82, 2.24) is 39.9 Å². The maximum Gasteiger partial charge on any atom is 0.308 e. The Morgan fingerprint density at radius 1 is 0.741 bits per heavy atom. The lowest BCUT2D eigenvalue weighted by molar-refractivity contribution is -0.154. The zero-order valence-corrected chi connectivity index (χ0v) is 32.6. The Morgan fingerprint density at radius 3 is 1.63 bits per heavy atom. The molecule has 5 heterocycles. The number of nitrogens with two attached hydrogens (primary N) is 4. The van der Waals surface area contributed by atoms with Crippen molar-refractivity contribution < 1.29 is 24.2 Å². The monoisotopic (exact) mass is 849 g/mol. The molecule has 54 heavy (non-hydrogen) atoms. The van der Waals surface area contributed by atoms with Gasteiger partial charge < -0.3 is 48.7 Å². The van der Waals surface area contributed by atoms with Crippen LogP contribution in [0.25, 0.3) is 0 Å². The molecule has 5 rings (SSSR count). The third-order valence-electron chi connectivity index (χ3n) is 5.61. The highest BCUT2D eigenvalue weighted by atomic mass is 35.5. The standard InChI is InChI=1S/C11H17ClN4O2.C7H9ClN4O2.C7H7ClN4O.C4H3Cl2N3/c1-11(2,3)18-9(17)4-5-14-8-6-7(12)15-10(13)16-8;8-4-3-5(12-7(9)11-4)10-2-1-6(13)14;8-5-4-3(13)1-2-10-6(4)12-7(9)11-5;5-2-1-3(6)9-4(7)8-2/h6H,4-5H2,1-3H3,(H3,13,14,15,16);3H,1-2H2,(H,13,14)(H3,9,10,11,12);1-2H2,(H3,9,10,11,12);1H,(H2,7,8,9). The van der Waals surface area contributed by atoms with Crippen LogP contribution in [0.2, 0.25) is 25.8 Å². The number of aliphatic carboxylic acids is 1. The fraction of sp³-hybridized carbons (Fsp3) is 0.345. The van der Waals surface area contributed by atoms with Crippen molar-refractivity contribution in [3.05, 3.63) is 49.5 Å². The van der Waals surface area contributed by atoms with Crippen LogP contribution in [-0.4, -0.2) is 87.9 Å². The van der Waals surface area contributed by atoms with Gasteiger partial charge in [0.2, 0.25) is 23.8 Å². The number of carbonyl (C=O) groups is 3. The number of anilines is 7. The largest absolute Gasteiger partial charge is 0.481 e. The van der Waals surface area contributed by atoms with Crippen molar-refractivity contribution in [1.29, 1.82) is 0 Å². The Balaban J connectivity index is 0.000000255. The highest BCUT2D eigenvalue weighted by Gasteiger charge is 2.22. The maximum absolute atomic E-state index is 11.4. The Morgan fingerprint density at radius 2 is 1.19 bits per heavy atom. The number of ether oxygens (including phenoxy) is 1.